The predicted octanol–water partition coefficient (Wildman–Crippen LogP) is 13.7. The van der Waals surface area contributed by atoms with Crippen LogP contribution in [-0.4, -0.2) is 13.7 Å². The Kier molecular flexibility index (Phi) is 6.61. The summed E-state index contributed by atoms with van der Waals surface area (Å²) in [5, 5.41) is 7.00. The van der Waals surface area contributed by atoms with Crippen LogP contribution in [0.5, 0.6) is 0 Å². The van der Waals surface area contributed by atoms with Gasteiger partial charge < -0.3 is 13.7 Å². The van der Waals surface area contributed by atoms with E-state index in [-0.39, 0.29) is 0 Å². The van der Waals surface area contributed by atoms with Crippen LogP contribution in [0.15, 0.2) is 176 Å². The van der Waals surface area contributed by atoms with Crippen LogP contribution in [0.2, 0.25) is 0 Å². The van der Waals surface area contributed by atoms with Crippen molar-refractivity contribution in [3.63, 3.8) is 0 Å². The number of benzene rings is 8. The van der Waals surface area contributed by atoms with Crippen molar-refractivity contribution in [3.8, 4) is 28.2 Å². The highest BCUT2D eigenvalue weighted by atomic mass is 15.0. The first kappa shape index (κ1) is 30.7. The lowest BCUT2D eigenvalue weighted by Gasteiger charge is -2.16. The molecule has 3 heterocycles. The molecule has 0 atom stereocenters. The van der Waals surface area contributed by atoms with Crippen LogP contribution in [0.3, 0.4) is 0 Å². The first-order valence-electron chi connectivity index (χ1n) is 18.3. The second-order valence-corrected chi connectivity index (χ2v) is 13.9. The number of hydrogen-bond acceptors (Lipinski definition) is 0. The van der Waals surface area contributed by atoms with E-state index >= 15 is 0 Å². The largest absolute Gasteiger partial charge is 0.318 e. The summed E-state index contributed by atoms with van der Waals surface area (Å²) in [6, 6.07) is 61.4. The number of hydrogen-bond donors (Lipinski definition) is 0. The molecule has 5 heteroatoms. The Balaban J connectivity index is 1.09. The lowest BCUT2D eigenvalue weighted by Crippen LogP contribution is -1.98. The van der Waals surface area contributed by atoms with Gasteiger partial charge in [-0.3, -0.25) is 0 Å². The molecule has 3 aromatic heterocycles. The maximum absolute atomic E-state index is 8.03. The van der Waals surface area contributed by atoms with Crippen molar-refractivity contribution in [1.82, 2.24) is 13.7 Å². The fourth-order valence-corrected chi connectivity index (χ4v) is 8.73. The zero-order valence-corrected chi connectivity index (χ0v) is 29.5. The van der Waals surface area contributed by atoms with Gasteiger partial charge in [0.1, 0.15) is 0 Å². The number of aromatic nitrogens is 3. The third-order valence-electron chi connectivity index (χ3n) is 11.1. The van der Waals surface area contributed by atoms with Gasteiger partial charge in [-0.1, -0.05) is 109 Å². The molecule has 0 unspecified atom stereocenters. The average molecular weight is 700 g/mol. The minimum absolute atomic E-state index is 0.565. The molecule has 55 heavy (non-hydrogen) atoms. The summed E-state index contributed by atoms with van der Waals surface area (Å²) in [5.41, 5.74) is 12.7. The van der Waals surface area contributed by atoms with Gasteiger partial charge >= 0.3 is 0 Å². The van der Waals surface area contributed by atoms with Crippen molar-refractivity contribution < 1.29 is 0 Å². The van der Waals surface area contributed by atoms with Gasteiger partial charge in [-0.25, -0.2) is 9.69 Å². The molecule has 0 aliphatic carbocycles. The van der Waals surface area contributed by atoms with Gasteiger partial charge in [0, 0.05) is 38.3 Å². The van der Waals surface area contributed by atoms with Crippen LogP contribution in [0.25, 0.3) is 103 Å². The standard InChI is InChI=1S/C50H29N5/c1-51-33-24-28-48(55-47-21-10-5-14-38(47)40-16-11-17-43(52-2)50(40)55)41(30-33)32-22-25-34(26-23-32)53-46-20-9-6-15-39(46)42-31-35(27-29-49(42)53)54-44-18-7-3-12-36(44)37-13-4-8-19-45(37)54/h3-31H. The Hall–Kier alpha value is -7.86. The monoisotopic (exact) mass is 699 g/mol. The molecule has 0 spiro atoms. The summed E-state index contributed by atoms with van der Waals surface area (Å²) < 4.78 is 6.91. The number of fused-ring (bicyclic) bond motifs is 9. The van der Waals surface area contributed by atoms with Gasteiger partial charge in [0.2, 0.25) is 5.69 Å². The van der Waals surface area contributed by atoms with Gasteiger partial charge in [0.05, 0.1) is 51.9 Å². The SMILES string of the molecule is [C-]#[N+]c1ccc(-n2c3ccccc3c3cccc([N+]#[C-])c32)c(-c2ccc(-n3c4ccccc4c4cc(-n5c6ccccc6c6ccccc65)ccc43)cc2)c1. The van der Waals surface area contributed by atoms with Gasteiger partial charge in [-0.05, 0) is 83.2 Å². The van der Waals surface area contributed by atoms with Crippen molar-refractivity contribution in [1.29, 1.82) is 0 Å². The minimum atomic E-state index is 0.565. The van der Waals surface area contributed by atoms with Crippen LogP contribution in [0.4, 0.5) is 11.4 Å². The van der Waals surface area contributed by atoms with Crippen LogP contribution >= 0.6 is 0 Å². The third kappa shape index (κ3) is 4.45. The molecule has 11 aromatic rings. The normalized spacial score (nSPS) is 11.6. The van der Waals surface area contributed by atoms with E-state index < -0.39 is 0 Å². The number of nitrogens with zero attached hydrogens (tertiary/aromatic N) is 5. The quantitative estimate of drug-likeness (QED) is 0.163. The smallest absolute Gasteiger partial charge is 0.211 e. The van der Waals surface area contributed by atoms with E-state index in [1.807, 2.05) is 42.5 Å². The first-order chi connectivity index (χ1) is 27.2. The Labute approximate surface area is 316 Å². The Morgan fingerprint density at radius 2 is 0.873 bits per heavy atom. The van der Waals surface area contributed by atoms with Gasteiger partial charge in [-0.2, -0.15) is 0 Å². The second-order valence-electron chi connectivity index (χ2n) is 13.9. The molecule has 0 amide bonds. The van der Waals surface area contributed by atoms with E-state index in [4.69, 9.17) is 13.1 Å². The fraction of sp³-hybridized carbons (Fsp3) is 0. The van der Waals surface area contributed by atoms with Crippen LogP contribution in [0.1, 0.15) is 0 Å². The minimum Gasteiger partial charge on any atom is -0.318 e. The molecular formula is C50H29N5. The van der Waals surface area contributed by atoms with Crippen LogP contribution < -0.4 is 0 Å². The van der Waals surface area contributed by atoms with Gasteiger partial charge in [0.25, 0.3) is 0 Å². The van der Waals surface area contributed by atoms with E-state index in [1.165, 1.54) is 32.6 Å². The van der Waals surface area contributed by atoms with E-state index in [0.29, 0.717) is 11.4 Å². The molecule has 0 bridgehead atoms. The number of para-hydroxylation sites is 5. The predicted molar refractivity (Wildman–Crippen MR) is 227 cm³/mol. The molecular weight excluding hydrogens is 671 g/mol. The van der Waals surface area contributed by atoms with E-state index in [0.717, 1.165) is 61.0 Å². The fourth-order valence-electron chi connectivity index (χ4n) is 8.73. The lowest BCUT2D eigenvalue weighted by molar-refractivity contribution is 1.16. The molecule has 0 aliphatic rings. The zero-order valence-electron chi connectivity index (χ0n) is 29.5. The Morgan fingerprint density at radius 1 is 0.364 bits per heavy atom. The second kappa shape index (κ2) is 11.8. The number of rotatable bonds is 4. The molecule has 0 fully saturated rings. The molecule has 0 aliphatic heterocycles. The molecule has 0 radical (unpaired) electrons. The van der Waals surface area contributed by atoms with Crippen molar-refractivity contribution in [2.75, 3.05) is 0 Å². The molecule has 5 nitrogen and oxygen atoms in total. The summed E-state index contributed by atoms with van der Waals surface area (Å²) in [4.78, 5) is 7.74. The molecule has 0 saturated heterocycles. The average Bonchev–Trinajstić information content (AvgIpc) is 3.89. The van der Waals surface area contributed by atoms with Crippen LogP contribution in [-0.2, 0) is 0 Å². The highest BCUT2D eigenvalue weighted by Crippen LogP contribution is 2.42. The summed E-state index contributed by atoms with van der Waals surface area (Å²) in [5.74, 6) is 0. The Bertz CT molecular complexity index is 3400. The van der Waals surface area contributed by atoms with Crippen molar-refractivity contribution in [2.24, 2.45) is 0 Å². The van der Waals surface area contributed by atoms with Crippen LogP contribution in [0, 0.1) is 13.1 Å². The van der Waals surface area contributed by atoms with E-state index in [2.05, 4.69) is 157 Å². The lowest BCUT2D eigenvalue weighted by atomic mass is 10.0. The summed E-state index contributed by atoms with van der Waals surface area (Å²) in [6.45, 7) is 15.9. The van der Waals surface area contributed by atoms with Crippen molar-refractivity contribution in [3.05, 3.63) is 199 Å². The zero-order chi connectivity index (χ0) is 36.6. The van der Waals surface area contributed by atoms with E-state index in [9.17, 15) is 0 Å². The van der Waals surface area contributed by atoms with Gasteiger partial charge in [0.15, 0.2) is 5.69 Å². The third-order valence-corrected chi connectivity index (χ3v) is 11.1. The Morgan fingerprint density at radius 3 is 1.49 bits per heavy atom. The highest BCUT2D eigenvalue weighted by molar-refractivity contribution is 6.14. The highest BCUT2D eigenvalue weighted by Gasteiger charge is 2.20. The van der Waals surface area contributed by atoms with Gasteiger partial charge in [-0.15, -0.1) is 0 Å². The molecule has 0 N–H and O–H groups in total. The summed E-state index contributed by atoms with van der Waals surface area (Å²) in [6.07, 6.45) is 0. The van der Waals surface area contributed by atoms with Crippen molar-refractivity contribution >= 4 is 76.8 Å². The molecule has 254 valence electrons. The summed E-state index contributed by atoms with van der Waals surface area (Å²) >= 11 is 0. The topological polar surface area (TPSA) is 23.5 Å². The maximum Gasteiger partial charge on any atom is 0.211 e. The first-order valence-corrected chi connectivity index (χ1v) is 18.3. The summed E-state index contributed by atoms with van der Waals surface area (Å²) in [7, 11) is 0. The molecule has 11 rings (SSSR count). The molecule has 0 saturated carbocycles. The van der Waals surface area contributed by atoms with Crippen molar-refractivity contribution in [2.45, 2.75) is 0 Å². The van der Waals surface area contributed by atoms with E-state index in [1.54, 1.807) is 0 Å². The maximum atomic E-state index is 8.03. The molecule has 8 aromatic carbocycles.